The molecule has 1 aliphatic heterocycles. The number of carbonyl (C=O) groups is 1. The first-order valence-corrected chi connectivity index (χ1v) is 8.10. The highest BCUT2D eigenvalue weighted by Gasteiger charge is 2.27. The van der Waals surface area contributed by atoms with Crippen LogP contribution in [-0.4, -0.2) is 40.8 Å². The van der Waals surface area contributed by atoms with Gasteiger partial charge in [-0.25, -0.2) is 0 Å². The molecule has 0 aromatic carbocycles. The Kier molecular flexibility index (Phi) is 4.36. The lowest BCUT2D eigenvalue weighted by Gasteiger charge is -2.20. The van der Waals surface area contributed by atoms with Gasteiger partial charge >= 0.3 is 0 Å². The summed E-state index contributed by atoms with van der Waals surface area (Å²) >= 11 is 1.67. The Labute approximate surface area is 127 Å². The highest BCUT2D eigenvalue weighted by Crippen LogP contribution is 2.27. The Morgan fingerprint density at radius 1 is 1.62 bits per heavy atom. The molecule has 21 heavy (non-hydrogen) atoms. The molecule has 2 aromatic heterocycles. The molecule has 6 heteroatoms. The fourth-order valence-electron chi connectivity index (χ4n) is 2.63. The highest BCUT2D eigenvalue weighted by atomic mass is 32.1. The number of H-pyrrole nitrogens is 1. The molecule has 0 aliphatic carbocycles. The van der Waals surface area contributed by atoms with Crippen molar-refractivity contribution in [2.75, 3.05) is 19.8 Å². The Morgan fingerprint density at radius 2 is 2.52 bits per heavy atom. The standard InChI is InChI=1S/C15H19N3O2S/c1-2-18(9-12-4-3-7-21-12)15(19)13-8-16-17-14(13)11-5-6-20-10-11/h3-4,7-8,11H,2,5-6,9-10H2,1H3,(H,16,17)/t11-/m1/s1. The van der Waals surface area contributed by atoms with Crippen molar-refractivity contribution in [1.82, 2.24) is 15.1 Å². The number of aromatic nitrogens is 2. The average molecular weight is 305 g/mol. The summed E-state index contributed by atoms with van der Waals surface area (Å²) in [5.41, 5.74) is 1.60. The number of rotatable bonds is 5. The lowest BCUT2D eigenvalue weighted by atomic mass is 10.0. The highest BCUT2D eigenvalue weighted by molar-refractivity contribution is 7.09. The lowest BCUT2D eigenvalue weighted by molar-refractivity contribution is 0.0752. The fraction of sp³-hybridized carbons (Fsp3) is 0.467. The third-order valence-corrected chi connectivity index (χ3v) is 4.69. The maximum absolute atomic E-state index is 12.8. The van der Waals surface area contributed by atoms with E-state index in [1.54, 1.807) is 17.5 Å². The molecule has 1 saturated heterocycles. The predicted molar refractivity (Wildman–Crippen MR) is 81.5 cm³/mol. The molecule has 0 radical (unpaired) electrons. The van der Waals surface area contributed by atoms with Gasteiger partial charge in [0.2, 0.25) is 0 Å². The van der Waals surface area contributed by atoms with Gasteiger partial charge in [-0.15, -0.1) is 11.3 Å². The molecule has 3 heterocycles. The molecular formula is C15H19N3O2S. The van der Waals surface area contributed by atoms with E-state index in [0.717, 1.165) is 18.7 Å². The minimum Gasteiger partial charge on any atom is -0.381 e. The molecule has 1 N–H and O–H groups in total. The van der Waals surface area contributed by atoms with E-state index >= 15 is 0 Å². The van der Waals surface area contributed by atoms with Gasteiger partial charge in [0.25, 0.3) is 5.91 Å². The maximum atomic E-state index is 12.8. The first-order valence-electron chi connectivity index (χ1n) is 7.22. The van der Waals surface area contributed by atoms with E-state index in [1.165, 1.54) is 4.88 Å². The Morgan fingerprint density at radius 3 is 3.19 bits per heavy atom. The molecule has 1 fully saturated rings. The summed E-state index contributed by atoms with van der Waals surface area (Å²) in [7, 11) is 0. The van der Waals surface area contributed by atoms with Crippen LogP contribution in [0.4, 0.5) is 0 Å². The molecule has 112 valence electrons. The number of hydrogen-bond donors (Lipinski definition) is 1. The number of carbonyl (C=O) groups excluding carboxylic acids is 1. The molecule has 1 atom stereocenters. The van der Waals surface area contributed by atoms with Crippen molar-refractivity contribution in [2.45, 2.75) is 25.8 Å². The molecule has 1 aliphatic rings. The second-order valence-corrected chi connectivity index (χ2v) is 6.19. The zero-order chi connectivity index (χ0) is 14.7. The van der Waals surface area contributed by atoms with Crippen LogP contribution >= 0.6 is 11.3 Å². The van der Waals surface area contributed by atoms with Crippen molar-refractivity contribution < 1.29 is 9.53 Å². The summed E-state index contributed by atoms with van der Waals surface area (Å²) in [6.45, 7) is 4.76. The number of amides is 1. The van der Waals surface area contributed by atoms with Crippen LogP contribution in [0.1, 0.15) is 40.2 Å². The van der Waals surface area contributed by atoms with Crippen LogP contribution in [0, 0.1) is 0 Å². The van der Waals surface area contributed by atoms with Gasteiger partial charge in [-0.05, 0) is 24.8 Å². The summed E-state index contributed by atoms with van der Waals surface area (Å²) in [4.78, 5) is 15.8. The molecular weight excluding hydrogens is 286 g/mol. The van der Waals surface area contributed by atoms with Crippen LogP contribution in [0.3, 0.4) is 0 Å². The minimum absolute atomic E-state index is 0.0431. The van der Waals surface area contributed by atoms with Gasteiger partial charge in [0.15, 0.2) is 0 Å². The average Bonchev–Trinajstić information content (AvgIpc) is 3.25. The van der Waals surface area contributed by atoms with E-state index < -0.39 is 0 Å². The maximum Gasteiger partial charge on any atom is 0.257 e. The van der Waals surface area contributed by atoms with E-state index in [2.05, 4.69) is 16.3 Å². The fourth-order valence-corrected chi connectivity index (χ4v) is 3.35. The van der Waals surface area contributed by atoms with Gasteiger partial charge in [-0.2, -0.15) is 5.10 Å². The Balaban J connectivity index is 1.78. The molecule has 0 saturated carbocycles. The molecule has 0 bridgehead atoms. The van der Waals surface area contributed by atoms with Crippen LogP contribution in [0.15, 0.2) is 23.7 Å². The monoisotopic (exact) mass is 305 g/mol. The van der Waals surface area contributed by atoms with Crippen molar-refractivity contribution in [3.8, 4) is 0 Å². The zero-order valence-electron chi connectivity index (χ0n) is 12.0. The van der Waals surface area contributed by atoms with Crippen molar-refractivity contribution in [1.29, 1.82) is 0 Å². The molecule has 5 nitrogen and oxygen atoms in total. The normalized spacial score (nSPS) is 18.0. The first kappa shape index (κ1) is 14.3. The number of nitrogens with zero attached hydrogens (tertiary/aromatic N) is 2. The van der Waals surface area contributed by atoms with Crippen LogP contribution in [0.5, 0.6) is 0 Å². The van der Waals surface area contributed by atoms with E-state index in [0.29, 0.717) is 25.3 Å². The number of aromatic amines is 1. The third kappa shape index (κ3) is 3.01. The molecule has 0 unspecified atom stereocenters. The van der Waals surface area contributed by atoms with Gasteiger partial charge in [-0.1, -0.05) is 6.07 Å². The van der Waals surface area contributed by atoms with E-state index in [-0.39, 0.29) is 11.8 Å². The first-order chi connectivity index (χ1) is 10.3. The Hall–Kier alpha value is -1.66. The minimum atomic E-state index is 0.0431. The van der Waals surface area contributed by atoms with Crippen molar-refractivity contribution >= 4 is 17.2 Å². The van der Waals surface area contributed by atoms with Gasteiger partial charge in [0.1, 0.15) is 0 Å². The van der Waals surface area contributed by atoms with Crippen LogP contribution in [-0.2, 0) is 11.3 Å². The summed E-state index contributed by atoms with van der Waals surface area (Å²) in [6.07, 6.45) is 2.59. The third-order valence-electron chi connectivity index (χ3n) is 3.83. The topological polar surface area (TPSA) is 58.2 Å². The smallest absolute Gasteiger partial charge is 0.257 e. The molecule has 3 rings (SSSR count). The van der Waals surface area contributed by atoms with Gasteiger partial charge in [0.05, 0.1) is 30.6 Å². The summed E-state index contributed by atoms with van der Waals surface area (Å²) in [6, 6.07) is 4.07. The SMILES string of the molecule is CCN(Cc1cccs1)C(=O)c1cn[nH]c1[C@@H]1CCOC1. The second kappa shape index (κ2) is 6.41. The number of ether oxygens (including phenoxy) is 1. The van der Waals surface area contributed by atoms with Gasteiger partial charge in [0, 0.05) is 23.9 Å². The van der Waals surface area contributed by atoms with Crippen molar-refractivity contribution in [3.05, 3.63) is 39.8 Å². The largest absolute Gasteiger partial charge is 0.381 e. The predicted octanol–water partition coefficient (Wildman–Crippen LogP) is 2.64. The molecule has 0 spiro atoms. The van der Waals surface area contributed by atoms with Gasteiger partial charge in [-0.3, -0.25) is 9.89 Å². The van der Waals surface area contributed by atoms with Gasteiger partial charge < -0.3 is 9.64 Å². The zero-order valence-corrected chi connectivity index (χ0v) is 12.9. The number of hydrogen-bond acceptors (Lipinski definition) is 4. The number of nitrogens with one attached hydrogen (secondary N) is 1. The Bertz CT molecular complexity index is 588. The number of thiophene rings is 1. The molecule has 2 aromatic rings. The van der Waals surface area contributed by atoms with E-state index in [4.69, 9.17) is 4.74 Å². The van der Waals surface area contributed by atoms with Crippen LogP contribution in [0.2, 0.25) is 0 Å². The molecule has 1 amide bonds. The quantitative estimate of drug-likeness (QED) is 0.924. The van der Waals surface area contributed by atoms with Crippen molar-refractivity contribution in [3.63, 3.8) is 0 Å². The van der Waals surface area contributed by atoms with Crippen molar-refractivity contribution in [2.24, 2.45) is 0 Å². The summed E-state index contributed by atoms with van der Waals surface area (Å²) in [5, 5.41) is 9.10. The summed E-state index contributed by atoms with van der Waals surface area (Å²) in [5.74, 6) is 0.299. The van der Waals surface area contributed by atoms with Crippen LogP contribution < -0.4 is 0 Å². The van der Waals surface area contributed by atoms with E-state index in [1.807, 2.05) is 23.3 Å². The van der Waals surface area contributed by atoms with E-state index in [9.17, 15) is 4.79 Å². The summed E-state index contributed by atoms with van der Waals surface area (Å²) < 4.78 is 5.42. The second-order valence-electron chi connectivity index (χ2n) is 5.16. The lowest BCUT2D eigenvalue weighted by Crippen LogP contribution is -2.30. The van der Waals surface area contributed by atoms with Crippen LogP contribution in [0.25, 0.3) is 0 Å².